The van der Waals surface area contributed by atoms with E-state index in [2.05, 4.69) is 5.32 Å². The Balaban J connectivity index is 1.68. The molecule has 5 rings (SSSR count). The summed E-state index contributed by atoms with van der Waals surface area (Å²) in [5.74, 6) is -9.41. The van der Waals surface area contributed by atoms with Crippen LogP contribution >= 0.6 is 0 Å². The number of rotatable bonds is 21. The van der Waals surface area contributed by atoms with Gasteiger partial charge in [0, 0.05) is 41.5 Å². The molecule has 2 aliphatic heterocycles. The third-order valence-electron chi connectivity index (χ3n) is 10.7. The summed E-state index contributed by atoms with van der Waals surface area (Å²) in [5, 5.41) is 2.60. The number of methoxy groups -OCH3 is 2. The fourth-order valence-electron chi connectivity index (χ4n) is 7.84. The Hall–Kier alpha value is -7.14. The molecule has 0 radical (unpaired) electrons. The van der Waals surface area contributed by atoms with Gasteiger partial charge in [0.1, 0.15) is 42.5 Å². The van der Waals surface area contributed by atoms with E-state index in [-0.39, 0.29) is 17.9 Å². The highest BCUT2D eigenvalue weighted by atomic mass is 16.8. The highest BCUT2D eigenvalue weighted by Crippen LogP contribution is 2.39. The van der Waals surface area contributed by atoms with Gasteiger partial charge in [-0.15, -0.1) is 0 Å². The van der Waals surface area contributed by atoms with Crippen molar-refractivity contribution in [1.29, 1.82) is 0 Å². The van der Waals surface area contributed by atoms with E-state index in [4.69, 9.17) is 61.6 Å². The van der Waals surface area contributed by atoms with Gasteiger partial charge in [-0.1, -0.05) is 48.5 Å². The van der Waals surface area contributed by atoms with Gasteiger partial charge in [-0.3, -0.25) is 28.8 Å². The SMILES string of the molecule is COC(=O)C1(OCC2OC(Oc3ccc(OC)cc3)C(OC(C)=O)C(OCc3ccccc3)C2OC(=O)c2ccccc2)CC(OC(C)=O)C(NC(C)=O)C(C(OC(C)=O)C(COC(C)=O)OC(C)=O)O1. The van der Waals surface area contributed by atoms with Crippen LogP contribution in [0.4, 0.5) is 0 Å². The molecule has 71 heavy (non-hydrogen) atoms. The van der Waals surface area contributed by atoms with Crippen molar-refractivity contribution in [1.82, 2.24) is 5.32 Å². The van der Waals surface area contributed by atoms with Crippen LogP contribution in [0.15, 0.2) is 84.9 Å². The van der Waals surface area contributed by atoms with Crippen molar-refractivity contribution < 1.29 is 99.9 Å². The third kappa shape index (κ3) is 15.4. The summed E-state index contributed by atoms with van der Waals surface area (Å²) >= 11 is 0. The van der Waals surface area contributed by atoms with Gasteiger partial charge < -0.3 is 66.9 Å². The highest BCUT2D eigenvalue weighted by Gasteiger charge is 2.61. The number of hydrogen-bond donors (Lipinski definition) is 1. The average Bonchev–Trinajstić information content (AvgIpc) is 3.32. The molecule has 22 nitrogen and oxygen atoms in total. The zero-order valence-electron chi connectivity index (χ0n) is 40.3. The molecule has 22 heteroatoms. The Morgan fingerprint density at radius 3 is 1.87 bits per heavy atom. The fourth-order valence-corrected chi connectivity index (χ4v) is 7.84. The third-order valence-corrected chi connectivity index (χ3v) is 10.7. The lowest BCUT2D eigenvalue weighted by Gasteiger charge is -2.49. The van der Waals surface area contributed by atoms with Crippen molar-refractivity contribution in [2.45, 2.75) is 122 Å². The van der Waals surface area contributed by atoms with Crippen molar-refractivity contribution in [3.8, 4) is 11.5 Å². The van der Waals surface area contributed by atoms with Crippen LogP contribution in [0, 0.1) is 0 Å². The van der Waals surface area contributed by atoms with Crippen LogP contribution in [0.5, 0.6) is 11.5 Å². The molecule has 384 valence electrons. The Bertz CT molecular complexity index is 2310. The van der Waals surface area contributed by atoms with E-state index in [0.29, 0.717) is 11.3 Å². The molecule has 2 heterocycles. The minimum Gasteiger partial charge on any atom is -0.497 e. The van der Waals surface area contributed by atoms with E-state index in [1.54, 1.807) is 72.8 Å². The first-order chi connectivity index (χ1) is 33.8. The summed E-state index contributed by atoms with van der Waals surface area (Å²) < 4.78 is 76.9. The summed E-state index contributed by atoms with van der Waals surface area (Å²) in [6.07, 6.45) is -15.3. The number of amides is 1. The lowest BCUT2D eigenvalue weighted by Crippen LogP contribution is -2.70. The molecule has 11 atom stereocenters. The Kier molecular flexibility index (Phi) is 19.8. The highest BCUT2D eigenvalue weighted by molar-refractivity contribution is 5.89. The molecule has 1 amide bonds. The zero-order chi connectivity index (χ0) is 51.8. The second kappa shape index (κ2) is 25.6. The maximum absolute atomic E-state index is 14.4. The van der Waals surface area contributed by atoms with Gasteiger partial charge >= 0.3 is 41.8 Å². The Morgan fingerprint density at radius 1 is 0.690 bits per heavy atom. The van der Waals surface area contributed by atoms with Crippen LogP contribution in [0.3, 0.4) is 0 Å². The van der Waals surface area contributed by atoms with Gasteiger partial charge in [0.15, 0.2) is 24.4 Å². The molecule has 0 bridgehead atoms. The molecular formula is C49H57NO21. The van der Waals surface area contributed by atoms with E-state index in [1.807, 2.05) is 0 Å². The molecule has 0 saturated carbocycles. The molecule has 11 unspecified atom stereocenters. The first-order valence-electron chi connectivity index (χ1n) is 22.2. The topological polar surface area (TPSA) is 269 Å². The van der Waals surface area contributed by atoms with Gasteiger partial charge in [-0.25, -0.2) is 9.59 Å². The van der Waals surface area contributed by atoms with Gasteiger partial charge in [0.2, 0.25) is 12.2 Å². The first kappa shape index (κ1) is 54.8. The van der Waals surface area contributed by atoms with Gasteiger partial charge in [0.05, 0.1) is 45.5 Å². The minimum atomic E-state index is -2.73. The van der Waals surface area contributed by atoms with Crippen molar-refractivity contribution in [2.75, 3.05) is 27.4 Å². The van der Waals surface area contributed by atoms with Gasteiger partial charge in [-0.05, 0) is 42.0 Å². The van der Waals surface area contributed by atoms with E-state index in [0.717, 1.165) is 48.7 Å². The van der Waals surface area contributed by atoms with Crippen molar-refractivity contribution in [3.63, 3.8) is 0 Å². The average molecular weight is 996 g/mol. The molecule has 3 aromatic rings. The van der Waals surface area contributed by atoms with Crippen LogP contribution in [-0.2, 0) is 92.3 Å². The van der Waals surface area contributed by atoms with E-state index < -0.39 is 134 Å². The molecule has 2 fully saturated rings. The second-order valence-electron chi connectivity index (χ2n) is 16.1. The largest absolute Gasteiger partial charge is 0.497 e. The van der Waals surface area contributed by atoms with E-state index >= 15 is 0 Å². The normalized spacial score (nSPS) is 24.6. The molecule has 0 spiro atoms. The number of carbonyl (C=O) groups excluding carboxylic acids is 8. The molecule has 0 aliphatic carbocycles. The molecule has 1 N–H and O–H groups in total. The monoisotopic (exact) mass is 995 g/mol. The molecule has 0 aromatic heterocycles. The smallest absolute Gasteiger partial charge is 0.366 e. The summed E-state index contributed by atoms with van der Waals surface area (Å²) in [6, 6.07) is 21.5. The maximum atomic E-state index is 14.4. The zero-order valence-corrected chi connectivity index (χ0v) is 40.3. The number of nitrogens with one attached hydrogen (secondary N) is 1. The van der Waals surface area contributed by atoms with Gasteiger partial charge in [-0.2, -0.15) is 0 Å². The number of benzene rings is 3. The summed E-state index contributed by atoms with van der Waals surface area (Å²) in [7, 11) is 2.45. The Labute approximate surface area is 408 Å². The van der Waals surface area contributed by atoms with E-state index in [1.165, 1.54) is 19.2 Å². The molecule has 3 aromatic carbocycles. The van der Waals surface area contributed by atoms with E-state index in [9.17, 15) is 38.4 Å². The van der Waals surface area contributed by atoms with Crippen LogP contribution in [0.1, 0.15) is 63.9 Å². The van der Waals surface area contributed by atoms with Crippen molar-refractivity contribution in [3.05, 3.63) is 96.1 Å². The predicted octanol–water partition coefficient (Wildman–Crippen LogP) is 3.08. The summed E-state index contributed by atoms with van der Waals surface area (Å²) in [4.78, 5) is 104. The standard InChI is InChI=1S/C49H57NO21/c1-27(51)50-40-37(64-29(3)53)23-49(48(58)60-8,71-43(40)41(66-31(5)55)38(65-30(4)54)25-61-28(2)52)63-26-39-42(70-46(57)34-17-13-10-14-18-34)44(62-24-33-15-11-9-12-16-33)45(67-32(6)56)47(69-39)68-36-21-19-35(59-7)20-22-36/h9-22,37-45,47H,23-26H2,1-8H3,(H,50,51). The molecule has 2 saturated heterocycles. The summed E-state index contributed by atoms with van der Waals surface area (Å²) in [6.45, 7) is 4.69. The number of carbonyl (C=O) groups is 8. The van der Waals surface area contributed by atoms with Crippen LogP contribution in [0.25, 0.3) is 0 Å². The lowest BCUT2D eigenvalue weighted by atomic mass is 9.87. The quantitative estimate of drug-likeness (QED) is 0.119. The minimum absolute atomic E-state index is 0.0972. The van der Waals surface area contributed by atoms with Crippen molar-refractivity contribution >= 4 is 47.7 Å². The second-order valence-corrected chi connectivity index (χ2v) is 16.1. The number of hydrogen-bond acceptors (Lipinski definition) is 21. The maximum Gasteiger partial charge on any atom is 0.366 e. The van der Waals surface area contributed by atoms with Crippen LogP contribution in [0.2, 0.25) is 0 Å². The molecular weight excluding hydrogens is 939 g/mol. The number of esters is 7. The fraction of sp³-hybridized carbons (Fsp3) is 0.469. The lowest BCUT2D eigenvalue weighted by molar-refractivity contribution is -0.335. The number of ether oxygens (including phenoxy) is 13. The van der Waals surface area contributed by atoms with Crippen molar-refractivity contribution in [2.24, 2.45) is 0 Å². The Morgan fingerprint density at radius 2 is 1.31 bits per heavy atom. The van der Waals surface area contributed by atoms with Crippen LogP contribution in [-0.4, -0.2) is 142 Å². The van der Waals surface area contributed by atoms with Crippen LogP contribution < -0.4 is 14.8 Å². The first-order valence-corrected chi connectivity index (χ1v) is 22.2. The molecule has 2 aliphatic rings. The summed E-state index contributed by atoms with van der Waals surface area (Å²) in [5.41, 5.74) is 0.758. The predicted molar refractivity (Wildman–Crippen MR) is 240 cm³/mol. The van der Waals surface area contributed by atoms with Gasteiger partial charge in [0.25, 0.3) is 5.79 Å².